The lowest BCUT2D eigenvalue weighted by atomic mass is 10.0. The number of aromatic nitrogens is 2. The molecule has 26 heavy (non-hydrogen) atoms. The summed E-state index contributed by atoms with van der Waals surface area (Å²) in [5.41, 5.74) is 4.34. The number of thiophene rings is 1. The van der Waals surface area contributed by atoms with Gasteiger partial charge in [0.15, 0.2) is 0 Å². The molecule has 4 aromatic rings. The summed E-state index contributed by atoms with van der Waals surface area (Å²) in [5.74, 6) is 1.40. The van der Waals surface area contributed by atoms with Crippen LogP contribution in [0.4, 0.5) is 11.5 Å². The van der Waals surface area contributed by atoms with Crippen LogP contribution in [0.2, 0.25) is 5.02 Å². The minimum atomic E-state index is 0.548. The van der Waals surface area contributed by atoms with Gasteiger partial charge in [-0.05, 0) is 30.7 Å². The average molecular weight is 382 g/mol. The molecule has 2 heterocycles. The smallest absolute Gasteiger partial charge is 0.143 e. The van der Waals surface area contributed by atoms with Crippen LogP contribution < -0.4 is 10.1 Å². The van der Waals surface area contributed by atoms with Crippen molar-refractivity contribution in [2.24, 2.45) is 0 Å². The van der Waals surface area contributed by atoms with Crippen molar-refractivity contribution in [1.82, 2.24) is 9.97 Å². The van der Waals surface area contributed by atoms with Gasteiger partial charge < -0.3 is 10.1 Å². The van der Waals surface area contributed by atoms with E-state index in [9.17, 15) is 0 Å². The second kappa shape index (κ2) is 6.94. The Morgan fingerprint density at radius 3 is 2.62 bits per heavy atom. The van der Waals surface area contributed by atoms with Gasteiger partial charge in [-0.3, -0.25) is 0 Å². The second-order valence-electron chi connectivity index (χ2n) is 5.89. The highest BCUT2D eigenvalue weighted by Gasteiger charge is 2.14. The number of benzene rings is 2. The molecule has 0 aliphatic heterocycles. The van der Waals surface area contributed by atoms with Crippen molar-refractivity contribution in [3.63, 3.8) is 0 Å². The lowest BCUT2D eigenvalue weighted by molar-refractivity contribution is 0.415. The summed E-state index contributed by atoms with van der Waals surface area (Å²) in [5, 5.41) is 7.04. The first-order valence-corrected chi connectivity index (χ1v) is 9.31. The van der Waals surface area contributed by atoms with Crippen LogP contribution in [0.3, 0.4) is 0 Å². The molecule has 1 N–H and O–H groups in total. The van der Waals surface area contributed by atoms with Crippen molar-refractivity contribution >= 4 is 44.7 Å². The van der Waals surface area contributed by atoms with Crippen LogP contribution in [0.25, 0.3) is 21.3 Å². The van der Waals surface area contributed by atoms with Gasteiger partial charge in [-0.15, -0.1) is 11.3 Å². The number of nitrogens with one attached hydrogen (secondary N) is 1. The first-order valence-electron chi connectivity index (χ1n) is 8.05. The Morgan fingerprint density at radius 1 is 1.08 bits per heavy atom. The van der Waals surface area contributed by atoms with E-state index in [-0.39, 0.29) is 0 Å². The molecule has 0 fully saturated rings. The zero-order valence-electron chi connectivity index (χ0n) is 14.3. The summed E-state index contributed by atoms with van der Waals surface area (Å²) in [7, 11) is 1.60. The molecule has 0 atom stereocenters. The summed E-state index contributed by atoms with van der Waals surface area (Å²) in [6.45, 7) is 2.08. The molecule has 2 aromatic heterocycles. The van der Waals surface area contributed by atoms with E-state index in [0.717, 1.165) is 32.8 Å². The zero-order valence-corrected chi connectivity index (χ0v) is 15.9. The van der Waals surface area contributed by atoms with Crippen molar-refractivity contribution < 1.29 is 4.74 Å². The average Bonchev–Trinajstić information content (AvgIpc) is 3.08. The maximum Gasteiger partial charge on any atom is 0.143 e. The van der Waals surface area contributed by atoms with Gasteiger partial charge in [-0.2, -0.15) is 0 Å². The summed E-state index contributed by atoms with van der Waals surface area (Å²) < 4.78 is 5.21. The van der Waals surface area contributed by atoms with Gasteiger partial charge in [0.2, 0.25) is 0 Å². The Morgan fingerprint density at radius 2 is 1.88 bits per heavy atom. The highest BCUT2D eigenvalue weighted by Crippen LogP contribution is 2.38. The second-order valence-corrected chi connectivity index (χ2v) is 7.16. The number of rotatable bonds is 4. The van der Waals surface area contributed by atoms with Crippen molar-refractivity contribution in [2.75, 3.05) is 12.4 Å². The molecule has 0 radical (unpaired) electrons. The molecule has 0 aliphatic rings. The monoisotopic (exact) mass is 381 g/mol. The standard InChI is InChI=1S/C20H16ClN3OS/c1-12-3-5-13(6-4-12)15-10-26-20-18(15)19(22-11-23-20)24-14-7-8-17(25-2)16(21)9-14/h3-11H,1-2H3,(H,22,23,24). The number of nitrogens with zero attached hydrogens (tertiary/aromatic N) is 2. The molecule has 0 amide bonds. The lowest BCUT2D eigenvalue weighted by Crippen LogP contribution is -1.96. The molecule has 0 saturated heterocycles. The predicted molar refractivity (Wildman–Crippen MR) is 109 cm³/mol. The number of fused-ring (bicyclic) bond motifs is 1. The Kier molecular flexibility index (Phi) is 4.49. The summed E-state index contributed by atoms with van der Waals surface area (Å²) in [4.78, 5) is 9.82. The van der Waals surface area contributed by atoms with Crippen molar-refractivity contribution in [2.45, 2.75) is 6.92 Å². The number of anilines is 2. The van der Waals surface area contributed by atoms with E-state index in [1.807, 2.05) is 18.2 Å². The summed E-state index contributed by atoms with van der Waals surface area (Å²) in [6.07, 6.45) is 1.57. The third-order valence-corrected chi connectivity index (χ3v) is 5.33. The molecule has 0 bridgehead atoms. The number of hydrogen-bond acceptors (Lipinski definition) is 5. The molecule has 4 nitrogen and oxygen atoms in total. The third-order valence-electron chi connectivity index (χ3n) is 4.15. The van der Waals surface area contributed by atoms with Crippen molar-refractivity contribution in [3.8, 4) is 16.9 Å². The van der Waals surface area contributed by atoms with Gasteiger partial charge in [0, 0.05) is 16.6 Å². The maximum absolute atomic E-state index is 6.24. The Bertz CT molecular complexity index is 1080. The minimum absolute atomic E-state index is 0.548. The van der Waals surface area contributed by atoms with Crippen molar-refractivity contribution in [1.29, 1.82) is 0 Å². The van der Waals surface area contributed by atoms with Gasteiger partial charge in [-0.1, -0.05) is 41.4 Å². The van der Waals surface area contributed by atoms with E-state index in [0.29, 0.717) is 10.8 Å². The predicted octanol–water partition coefficient (Wildman–Crippen LogP) is 6.07. The fraction of sp³-hybridized carbons (Fsp3) is 0.100. The van der Waals surface area contributed by atoms with E-state index in [1.165, 1.54) is 5.56 Å². The molecule has 0 unspecified atom stereocenters. The third kappa shape index (κ3) is 3.11. The number of methoxy groups -OCH3 is 1. The van der Waals surface area contributed by atoms with Crippen LogP contribution in [-0.2, 0) is 0 Å². The fourth-order valence-electron chi connectivity index (χ4n) is 2.80. The first-order chi connectivity index (χ1) is 12.7. The molecule has 2 aromatic carbocycles. The zero-order chi connectivity index (χ0) is 18.1. The van der Waals surface area contributed by atoms with Gasteiger partial charge >= 0.3 is 0 Å². The van der Waals surface area contributed by atoms with E-state index < -0.39 is 0 Å². The maximum atomic E-state index is 6.24. The molecular weight excluding hydrogens is 366 g/mol. The van der Waals surface area contributed by atoms with Gasteiger partial charge in [0.1, 0.15) is 22.7 Å². The molecule has 0 saturated carbocycles. The van der Waals surface area contributed by atoms with Gasteiger partial charge in [0.05, 0.1) is 17.5 Å². The van der Waals surface area contributed by atoms with Crippen LogP contribution in [-0.4, -0.2) is 17.1 Å². The summed E-state index contributed by atoms with van der Waals surface area (Å²) >= 11 is 7.85. The van der Waals surface area contributed by atoms with E-state index in [2.05, 4.69) is 51.9 Å². The quantitative estimate of drug-likeness (QED) is 0.466. The fourth-order valence-corrected chi connectivity index (χ4v) is 3.97. The van der Waals surface area contributed by atoms with Crippen molar-refractivity contribution in [3.05, 3.63) is 64.8 Å². The number of ether oxygens (including phenoxy) is 1. The SMILES string of the molecule is COc1ccc(Nc2ncnc3scc(-c4ccc(C)cc4)c23)cc1Cl. The largest absolute Gasteiger partial charge is 0.495 e. The number of aryl methyl sites for hydroxylation is 1. The molecular formula is C20H16ClN3OS. The highest BCUT2D eigenvalue weighted by atomic mass is 35.5. The number of halogens is 1. The first kappa shape index (κ1) is 16.8. The highest BCUT2D eigenvalue weighted by molar-refractivity contribution is 7.17. The number of hydrogen-bond donors (Lipinski definition) is 1. The molecule has 6 heteroatoms. The minimum Gasteiger partial charge on any atom is -0.495 e. The van der Waals surface area contributed by atoms with E-state index >= 15 is 0 Å². The summed E-state index contributed by atoms with van der Waals surface area (Å²) in [6, 6.07) is 14.0. The van der Waals surface area contributed by atoms with Crippen LogP contribution in [0, 0.1) is 6.92 Å². The molecule has 130 valence electrons. The van der Waals surface area contributed by atoms with Crippen LogP contribution in [0.5, 0.6) is 5.75 Å². The van der Waals surface area contributed by atoms with Crippen LogP contribution in [0.15, 0.2) is 54.2 Å². The van der Waals surface area contributed by atoms with Gasteiger partial charge in [-0.25, -0.2) is 9.97 Å². The van der Waals surface area contributed by atoms with E-state index in [4.69, 9.17) is 16.3 Å². The molecule has 0 spiro atoms. The molecule has 0 aliphatic carbocycles. The molecule has 4 rings (SSSR count). The Labute approximate surface area is 160 Å². The lowest BCUT2D eigenvalue weighted by Gasteiger charge is -2.10. The Hall–Kier alpha value is -2.63. The van der Waals surface area contributed by atoms with Crippen LogP contribution >= 0.6 is 22.9 Å². The van der Waals surface area contributed by atoms with Crippen LogP contribution in [0.1, 0.15) is 5.56 Å². The Balaban J connectivity index is 1.79. The van der Waals surface area contributed by atoms with Gasteiger partial charge in [0.25, 0.3) is 0 Å². The topological polar surface area (TPSA) is 47.0 Å². The normalized spacial score (nSPS) is 10.9. The van der Waals surface area contributed by atoms with E-state index in [1.54, 1.807) is 24.8 Å².